The maximum Gasteiger partial charge on any atom is 0.165 e. The summed E-state index contributed by atoms with van der Waals surface area (Å²) in [5.41, 5.74) is -0.781. The molecule has 0 amide bonds. The molecule has 0 unspecified atom stereocenters. The highest BCUT2D eigenvalue weighted by Crippen LogP contribution is 2.53. The van der Waals surface area contributed by atoms with E-state index < -0.39 is 54.9 Å². The molecule has 9 N–H and O–H groups in total. The average Bonchev–Trinajstić information content (AvgIpc) is 3.50. The highest BCUT2D eigenvalue weighted by molar-refractivity contribution is 5.81. The van der Waals surface area contributed by atoms with Crippen LogP contribution in [0, 0.1) is 11.8 Å². The van der Waals surface area contributed by atoms with Gasteiger partial charge >= 0.3 is 0 Å². The lowest BCUT2D eigenvalue weighted by Gasteiger charge is -2.44. The van der Waals surface area contributed by atoms with Crippen molar-refractivity contribution in [1.29, 1.82) is 0 Å². The van der Waals surface area contributed by atoms with Crippen LogP contribution in [0.2, 0.25) is 0 Å². The van der Waals surface area contributed by atoms with Gasteiger partial charge in [0.1, 0.15) is 0 Å². The van der Waals surface area contributed by atoms with E-state index in [9.17, 15) is 46.0 Å². The molecule has 54 heavy (non-hydrogen) atoms. The zero-order chi connectivity index (χ0) is 39.1. The van der Waals surface area contributed by atoms with E-state index >= 15 is 0 Å². The largest absolute Gasteiger partial charge is 0.504 e. The number of methoxy groups -OCH3 is 4. The Hall–Kier alpha value is -4.96. The number of aromatic hydroxyl groups is 4. The lowest BCUT2D eigenvalue weighted by molar-refractivity contribution is -0.0875. The molecule has 1 aliphatic heterocycles. The van der Waals surface area contributed by atoms with Crippen molar-refractivity contribution in [3.8, 4) is 57.1 Å². The minimum atomic E-state index is -1.80. The molecule has 4 aromatic carbocycles. The number of fused-ring (bicyclic) bond motifs is 1. The average molecular weight is 751 g/mol. The van der Waals surface area contributed by atoms with Crippen molar-refractivity contribution in [3.63, 3.8) is 0 Å². The molecule has 1 saturated heterocycles. The number of ether oxygens (including phenoxy) is 5. The van der Waals surface area contributed by atoms with Crippen LogP contribution in [0.1, 0.15) is 39.8 Å². The Morgan fingerprint density at radius 2 is 1.24 bits per heavy atom. The van der Waals surface area contributed by atoms with E-state index in [-0.39, 0.29) is 76.6 Å². The van der Waals surface area contributed by atoms with Gasteiger partial charge in [-0.15, -0.1) is 0 Å². The van der Waals surface area contributed by atoms with Crippen LogP contribution in [0.5, 0.6) is 46.0 Å². The summed E-state index contributed by atoms with van der Waals surface area (Å²) in [6, 6.07) is 13.8. The third kappa shape index (κ3) is 6.59. The van der Waals surface area contributed by atoms with Crippen LogP contribution >= 0.6 is 0 Å². The Balaban J connectivity index is 1.47. The van der Waals surface area contributed by atoms with Gasteiger partial charge in [0.15, 0.2) is 46.0 Å². The minimum absolute atomic E-state index is 0.0112. The van der Waals surface area contributed by atoms with Crippen LogP contribution in [0.15, 0.2) is 54.6 Å². The van der Waals surface area contributed by atoms with Crippen molar-refractivity contribution in [2.24, 2.45) is 11.8 Å². The number of aliphatic hydroxyl groups excluding tert-OH is 3. The fourth-order valence-corrected chi connectivity index (χ4v) is 8.12. The fraction of sp³-hybridized carbons (Fsp3) is 0.400. The summed E-state index contributed by atoms with van der Waals surface area (Å²) in [6.45, 7) is -1.88. The van der Waals surface area contributed by atoms with Crippen LogP contribution in [0.3, 0.4) is 0 Å². The molecule has 4 aromatic rings. The summed E-state index contributed by atoms with van der Waals surface area (Å²) in [4.78, 5) is 0. The second-order valence-corrected chi connectivity index (χ2v) is 14.0. The molecule has 0 aromatic heterocycles. The van der Waals surface area contributed by atoms with Gasteiger partial charge in [-0.05, 0) is 76.3 Å². The molecule has 1 aliphatic carbocycles. The van der Waals surface area contributed by atoms with Gasteiger partial charge in [-0.3, -0.25) is 0 Å². The molecule has 6 atom stereocenters. The van der Waals surface area contributed by atoms with E-state index in [4.69, 9.17) is 23.7 Å². The number of phenolic OH excluding ortho intramolecular Hbond substituents is 4. The molecule has 0 spiro atoms. The van der Waals surface area contributed by atoms with E-state index in [0.717, 1.165) is 0 Å². The maximum absolute atomic E-state index is 12.0. The summed E-state index contributed by atoms with van der Waals surface area (Å²) in [5.74, 6) is -3.32. The topological polar surface area (TPSA) is 228 Å². The third-order valence-electron chi connectivity index (χ3n) is 11.0. The maximum atomic E-state index is 12.0. The van der Waals surface area contributed by atoms with Gasteiger partial charge in [-0.2, -0.15) is 0 Å². The Labute approximate surface area is 311 Å². The molecule has 0 bridgehead atoms. The highest BCUT2D eigenvalue weighted by atomic mass is 16.5. The Morgan fingerprint density at radius 1 is 0.648 bits per heavy atom. The molecule has 0 radical (unpaired) electrons. The van der Waals surface area contributed by atoms with Crippen LogP contribution in [0.25, 0.3) is 11.1 Å². The molecule has 14 heteroatoms. The minimum Gasteiger partial charge on any atom is -0.504 e. The first-order chi connectivity index (χ1) is 25.8. The van der Waals surface area contributed by atoms with Crippen molar-refractivity contribution in [2.75, 3.05) is 54.9 Å². The summed E-state index contributed by atoms with van der Waals surface area (Å²) in [5, 5.41) is 99.3. The van der Waals surface area contributed by atoms with Crippen molar-refractivity contribution < 1.29 is 69.6 Å². The molecule has 1 heterocycles. The summed E-state index contributed by atoms with van der Waals surface area (Å²) in [6.07, 6.45) is -0.895. The van der Waals surface area contributed by atoms with Crippen molar-refractivity contribution >= 4 is 0 Å². The van der Waals surface area contributed by atoms with Crippen LogP contribution in [0.4, 0.5) is 0 Å². The van der Waals surface area contributed by atoms with Crippen LogP contribution in [-0.4, -0.2) is 112 Å². The first kappa shape index (κ1) is 38.8. The molecule has 2 aliphatic rings. The number of phenols is 4. The van der Waals surface area contributed by atoms with E-state index in [0.29, 0.717) is 27.8 Å². The highest BCUT2D eigenvalue weighted by Gasteiger charge is 2.50. The van der Waals surface area contributed by atoms with E-state index in [2.05, 4.69) is 0 Å². The number of benzene rings is 4. The van der Waals surface area contributed by atoms with Gasteiger partial charge in [0.2, 0.25) is 0 Å². The molecule has 0 saturated carbocycles. The SMILES string of the molecule is COc1cc([C@H]2OC[C@](O)(Cc3cc(OC)c(O)c(-c4cc([C@H]5c6cc(O)c(OC)cc6C[C@@](O)(CO)[C@@H]5CO)cc(OC)c4O)c3)[C@@H]2CO)ccc1O. The summed E-state index contributed by atoms with van der Waals surface area (Å²) < 4.78 is 27.7. The van der Waals surface area contributed by atoms with Gasteiger partial charge in [-0.25, -0.2) is 0 Å². The first-order valence-corrected chi connectivity index (χ1v) is 17.3. The zero-order valence-corrected chi connectivity index (χ0v) is 30.3. The van der Waals surface area contributed by atoms with Gasteiger partial charge in [0.05, 0.1) is 65.6 Å². The standard InChI is InChI=1S/C40H46O14/c1-50-31-10-21(5-6-29(31)44)38-28(17-42)40(49,19-54-38)14-20-7-25(36(46)33(8-20)52-3)26-9-22(11-34(53-4)37(26)47)35-24-13-30(45)32(51-2)12-23(24)15-39(48,18-43)27(35)16-41/h5-13,27-28,35,38,41-49H,14-19H2,1-4H3/t27-,28-,35+,38-,39-,40-/m1/s1. The van der Waals surface area contributed by atoms with Crippen molar-refractivity contribution in [3.05, 3.63) is 82.4 Å². The molecule has 1 fully saturated rings. The van der Waals surface area contributed by atoms with Crippen LogP contribution < -0.4 is 18.9 Å². The van der Waals surface area contributed by atoms with E-state index in [1.807, 2.05) is 0 Å². The van der Waals surface area contributed by atoms with Crippen molar-refractivity contribution in [2.45, 2.75) is 36.1 Å². The third-order valence-corrected chi connectivity index (χ3v) is 11.0. The van der Waals surface area contributed by atoms with Crippen LogP contribution in [-0.2, 0) is 17.6 Å². The van der Waals surface area contributed by atoms with Gasteiger partial charge in [-0.1, -0.05) is 6.07 Å². The van der Waals surface area contributed by atoms with Crippen molar-refractivity contribution in [1.82, 2.24) is 0 Å². The summed E-state index contributed by atoms with van der Waals surface area (Å²) >= 11 is 0. The second kappa shape index (κ2) is 15.1. The Morgan fingerprint density at radius 3 is 1.85 bits per heavy atom. The number of hydrogen-bond donors (Lipinski definition) is 9. The van der Waals surface area contributed by atoms with Gasteiger partial charge < -0.3 is 69.6 Å². The van der Waals surface area contributed by atoms with Gasteiger partial charge in [0, 0.05) is 48.3 Å². The van der Waals surface area contributed by atoms with Gasteiger partial charge in [0.25, 0.3) is 0 Å². The molecule has 290 valence electrons. The molecule has 14 nitrogen and oxygen atoms in total. The van der Waals surface area contributed by atoms with E-state index in [1.165, 1.54) is 52.7 Å². The molecule has 6 rings (SSSR count). The second-order valence-electron chi connectivity index (χ2n) is 14.0. The monoisotopic (exact) mass is 750 g/mol. The number of hydrogen-bond acceptors (Lipinski definition) is 14. The lowest BCUT2D eigenvalue weighted by atomic mass is 9.64. The normalized spacial score (nSPS) is 24.9. The Kier molecular flexibility index (Phi) is 10.8. The van der Waals surface area contributed by atoms with E-state index in [1.54, 1.807) is 30.3 Å². The molecular weight excluding hydrogens is 704 g/mol. The predicted molar refractivity (Wildman–Crippen MR) is 194 cm³/mol. The fourth-order valence-electron chi connectivity index (χ4n) is 8.12. The Bertz CT molecular complexity index is 2020. The smallest absolute Gasteiger partial charge is 0.165 e. The predicted octanol–water partition coefficient (Wildman–Crippen LogP) is 2.88. The number of aliphatic hydroxyl groups is 5. The molecular formula is C40H46O14. The first-order valence-electron chi connectivity index (χ1n) is 17.3. The quantitative estimate of drug-likeness (QED) is 0.102. The zero-order valence-electron chi connectivity index (χ0n) is 30.3. The number of rotatable bonds is 12. The lowest BCUT2D eigenvalue weighted by Crippen LogP contribution is -2.51. The summed E-state index contributed by atoms with van der Waals surface area (Å²) in [7, 11) is 5.47.